The number of ether oxygens (including phenoxy) is 1. The minimum Gasteiger partial charge on any atom is -0.453 e. The summed E-state index contributed by atoms with van der Waals surface area (Å²) in [7, 11) is 0. The first kappa shape index (κ1) is 17.5. The van der Waals surface area contributed by atoms with Crippen molar-refractivity contribution in [3.8, 4) is 0 Å². The van der Waals surface area contributed by atoms with Crippen molar-refractivity contribution in [1.82, 2.24) is 0 Å². The van der Waals surface area contributed by atoms with Gasteiger partial charge in [0.05, 0.1) is 5.69 Å². The molecule has 0 saturated heterocycles. The van der Waals surface area contributed by atoms with Crippen molar-refractivity contribution < 1.29 is 32.6 Å². The lowest BCUT2D eigenvalue weighted by molar-refractivity contribution is -0.156. The predicted molar refractivity (Wildman–Crippen MR) is 77.3 cm³/mol. The Kier molecular flexibility index (Phi) is 5.54. The summed E-state index contributed by atoms with van der Waals surface area (Å²) in [4.78, 5) is 23.2. The number of benzene rings is 2. The van der Waals surface area contributed by atoms with Gasteiger partial charge in [0, 0.05) is 0 Å². The molecule has 0 spiro atoms. The Balaban J connectivity index is 1.92. The average Bonchev–Trinajstić information content (AvgIpc) is 2.60. The van der Waals surface area contributed by atoms with E-state index < -0.39 is 47.7 Å². The van der Waals surface area contributed by atoms with E-state index in [4.69, 9.17) is 0 Å². The van der Waals surface area contributed by atoms with Gasteiger partial charge in [-0.15, -0.1) is 0 Å². The van der Waals surface area contributed by atoms with Gasteiger partial charge in [-0.25, -0.2) is 18.0 Å². The SMILES string of the molecule is O=C(COC(=O)[C@@H](O)c1ccccc1)Nc1ccc(F)c(F)c1F. The van der Waals surface area contributed by atoms with Crippen molar-refractivity contribution in [2.45, 2.75) is 6.10 Å². The molecule has 5 nitrogen and oxygen atoms in total. The highest BCUT2D eigenvalue weighted by Crippen LogP contribution is 2.19. The van der Waals surface area contributed by atoms with Crippen LogP contribution in [-0.4, -0.2) is 23.6 Å². The summed E-state index contributed by atoms with van der Waals surface area (Å²) in [5, 5.41) is 11.7. The zero-order valence-corrected chi connectivity index (χ0v) is 12.1. The number of halogens is 3. The molecule has 0 radical (unpaired) electrons. The fourth-order valence-electron chi connectivity index (χ4n) is 1.80. The molecule has 2 rings (SSSR count). The van der Waals surface area contributed by atoms with Crippen molar-refractivity contribution >= 4 is 17.6 Å². The minimum absolute atomic E-state index is 0.273. The van der Waals surface area contributed by atoms with E-state index in [0.717, 1.165) is 6.07 Å². The molecule has 0 unspecified atom stereocenters. The van der Waals surface area contributed by atoms with Gasteiger partial charge in [-0.3, -0.25) is 4.79 Å². The van der Waals surface area contributed by atoms with E-state index in [9.17, 15) is 27.9 Å². The number of carbonyl (C=O) groups excluding carboxylic acids is 2. The molecule has 2 N–H and O–H groups in total. The minimum atomic E-state index is -1.73. The van der Waals surface area contributed by atoms with Crippen LogP contribution in [0.2, 0.25) is 0 Å². The van der Waals surface area contributed by atoms with Crippen LogP contribution in [0.25, 0.3) is 0 Å². The summed E-state index contributed by atoms with van der Waals surface area (Å²) in [5.41, 5.74) is -0.326. The van der Waals surface area contributed by atoms with E-state index in [1.807, 2.05) is 5.32 Å². The van der Waals surface area contributed by atoms with Crippen LogP contribution in [0.4, 0.5) is 18.9 Å². The Morgan fingerprint density at radius 2 is 1.71 bits per heavy atom. The molecule has 0 bridgehead atoms. The van der Waals surface area contributed by atoms with E-state index in [-0.39, 0.29) is 5.56 Å². The standard InChI is InChI=1S/C16H12F3NO4/c17-10-6-7-11(14(19)13(10)18)20-12(21)8-24-16(23)15(22)9-4-2-1-3-5-9/h1-7,15,22H,8H2,(H,20,21)/t15-/m0/s1. The molecular formula is C16H12F3NO4. The highest BCUT2D eigenvalue weighted by molar-refractivity contribution is 5.93. The van der Waals surface area contributed by atoms with Gasteiger partial charge < -0.3 is 15.2 Å². The number of hydrogen-bond donors (Lipinski definition) is 2. The first-order chi connectivity index (χ1) is 11.4. The van der Waals surface area contributed by atoms with Crippen molar-refractivity contribution in [2.24, 2.45) is 0 Å². The molecule has 0 aliphatic heterocycles. The van der Waals surface area contributed by atoms with Crippen LogP contribution in [0, 0.1) is 17.5 Å². The molecule has 0 aliphatic rings. The fourth-order valence-corrected chi connectivity index (χ4v) is 1.80. The van der Waals surface area contributed by atoms with Gasteiger partial charge in [0.25, 0.3) is 5.91 Å². The van der Waals surface area contributed by atoms with Crippen LogP contribution in [0.15, 0.2) is 42.5 Å². The number of esters is 1. The lowest BCUT2D eigenvalue weighted by atomic mass is 10.1. The summed E-state index contributed by atoms with van der Waals surface area (Å²) in [6.07, 6.45) is -1.58. The van der Waals surface area contributed by atoms with Crippen LogP contribution in [0.5, 0.6) is 0 Å². The van der Waals surface area contributed by atoms with Gasteiger partial charge in [0.15, 0.2) is 30.2 Å². The fraction of sp³-hybridized carbons (Fsp3) is 0.125. The Labute approximate surface area is 134 Å². The lowest BCUT2D eigenvalue weighted by Gasteiger charge is -2.11. The van der Waals surface area contributed by atoms with Gasteiger partial charge >= 0.3 is 5.97 Å². The summed E-state index contributed by atoms with van der Waals surface area (Å²) in [6.45, 7) is -0.832. The van der Waals surface area contributed by atoms with Gasteiger partial charge in [-0.05, 0) is 17.7 Å². The third-order valence-electron chi connectivity index (χ3n) is 2.99. The van der Waals surface area contributed by atoms with E-state index in [2.05, 4.69) is 4.74 Å². The number of aliphatic hydroxyl groups is 1. The highest BCUT2D eigenvalue weighted by Gasteiger charge is 2.20. The molecule has 126 valence electrons. The van der Waals surface area contributed by atoms with E-state index >= 15 is 0 Å². The number of amides is 1. The molecule has 0 fully saturated rings. The molecule has 2 aromatic carbocycles. The van der Waals surface area contributed by atoms with Crippen LogP contribution >= 0.6 is 0 Å². The largest absolute Gasteiger partial charge is 0.453 e. The van der Waals surface area contributed by atoms with Crippen molar-refractivity contribution in [2.75, 3.05) is 11.9 Å². The van der Waals surface area contributed by atoms with E-state index in [1.54, 1.807) is 18.2 Å². The zero-order valence-electron chi connectivity index (χ0n) is 12.1. The molecule has 0 aliphatic carbocycles. The number of nitrogens with one attached hydrogen (secondary N) is 1. The predicted octanol–water partition coefficient (Wildman–Crippen LogP) is 2.32. The molecule has 0 heterocycles. The van der Waals surface area contributed by atoms with Crippen LogP contribution in [-0.2, 0) is 14.3 Å². The number of hydrogen-bond acceptors (Lipinski definition) is 4. The second-order valence-corrected chi connectivity index (χ2v) is 4.69. The van der Waals surface area contributed by atoms with Gasteiger partial charge in [0.1, 0.15) is 0 Å². The van der Waals surface area contributed by atoms with E-state index in [1.165, 1.54) is 12.1 Å². The third kappa shape index (κ3) is 4.11. The summed E-state index contributed by atoms with van der Waals surface area (Å²) >= 11 is 0. The number of aliphatic hydroxyl groups excluding tert-OH is 1. The Hall–Kier alpha value is -2.87. The monoisotopic (exact) mass is 339 g/mol. The van der Waals surface area contributed by atoms with Gasteiger partial charge in [0.2, 0.25) is 0 Å². The lowest BCUT2D eigenvalue weighted by Crippen LogP contribution is -2.24. The molecule has 24 heavy (non-hydrogen) atoms. The quantitative estimate of drug-likeness (QED) is 0.648. The molecule has 8 heteroatoms. The van der Waals surface area contributed by atoms with Crippen LogP contribution in [0.1, 0.15) is 11.7 Å². The van der Waals surface area contributed by atoms with Crippen molar-refractivity contribution in [3.05, 3.63) is 65.5 Å². The Morgan fingerprint density at radius 3 is 2.38 bits per heavy atom. The summed E-state index contributed by atoms with van der Waals surface area (Å²) in [5.74, 6) is -6.76. The van der Waals surface area contributed by atoms with Crippen LogP contribution in [0.3, 0.4) is 0 Å². The maximum atomic E-state index is 13.4. The van der Waals surface area contributed by atoms with E-state index in [0.29, 0.717) is 6.07 Å². The van der Waals surface area contributed by atoms with Crippen LogP contribution < -0.4 is 5.32 Å². The maximum Gasteiger partial charge on any atom is 0.340 e. The number of carbonyl (C=O) groups is 2. The first-order valence-corrected chi connectivity index (χ1v) is 6.73. The second-order valence-electron chi connectivity index (χ2n) is 4.69. The smallest absolute Gasteiger partial charge is 0.340 e. The Morgan fingerprint density at radius 1 is 1.04 bits per heavy atom. The van der Waals surface area contributed by atoms with Gasteiger partial charge in [-0.1, -0.05) is 30.3 Å². The molecule has 2 aromatic rings. The zero-order chi connectivity index (χ0) is 17.7. The third-order valence-corrected chi connectivity index (χ3v) is 2.99. The summed E-state index contributed by atoms with van der Waals surface area (Å²) in [6, 6.07) is 9.33. The molecular weight excluding hydrogens is 327 g/mol. The number of rotatable bonds is 5. The normalized spacial score (nSPS) is 11.7. The van der Waals surface area contributed by atoms with Crippen molar-refractivity contribution in [3.63, 3.8) is 0 Å². The topological polar surface area (TPSA) is 75.6 Å². The first-order valence-electron chi connectivity index (χ1n) is 6.73. The molecule has 0 saturated carbocycles. The average molecular weight is 339 g/mol. The Bertz CT molecular complexity index is 752. The molecule has 0 aromatic heterocycles. The summed E-state index contributed by atoms with van der Waals surface area (Å²) < 4.78 is 43.8. The maximum absolute atomic E-state index is 13.4. The second kappa shape index (κ2) is 7.60. The van der Waals surface area contributed by atoms with Gasteiger partial charge in [-0.2, -0.15) is 0 Å². The highest BCUT2D eigenvalue weighted by atomic mass is 19.2. The molecule has 1 atom stereocenters. The van der Waals surface area contributed by atoms with Crippen molar-refractivity contribution in [1.29, 1.82) is 0 Å². The molecule has 1 amide bonds. The number of anilines is 1.